The van der Waals surface area contributed by atoms with E-state index in [1.807, 2.05) is 41.3 Å². The van der Waals surface area contributed by atoms with E-state index in [2.05, 4.69) is 41.2 Å². The number of nitrogens with zero attached hydrogens (tertiary/aromatic N) is 1. The van der Waals surface area contributed by atoms with Gasteiger partial charge in [-0.2, -0.15) is 0 Å². The molecule has 1 aliphatic heterocycles. The van der Waals surface area contributed by atoms with Crippen LogP contribution in [0.2, 0.25) is 0 Å². The first-order valence-electron chi connectivity index (χ1n) is 8.56. The van der Waals surface area contributed by atoms with Gasteiger partial charge in [-0.3, -0.25) is 9.69 Å². The van der Waals surface area contributed by atoms with Gasteiger partial charge in [0.25, 0.3) is 5.91 Å². The summed E-state index contributed by atoms with van der Waals surface area (Å²) in [5, 5.41) is 2.18. The molecule has 0 fully saturated rings. The molecule has 4 nitrogen and oxygen atoms in total. The van der Waals surface area contributed by atoms with Crippen LogP contribution in [0.3, 0.4) is 0 Å². The molecular weight excluding hydrogens is 392 g/mol. The minimum atomic E-state index is 0.0809. The first kappa shape index (κ1) is 17.1. The molecule has 0 aliphatic carbocycles. The van der Waals surface area contributed by atoms with Crippen molar-refractivity contribution in [3.63, 3.8) is 0 Å². The largest absolute Gasteiger partial charge is 0.496 e. The number of amides is 1. The molecule has 26 heavy (non-hydrogen) atoms. The van der Waals surface area contributed by atoms with Gasteiger partial charge >= 0.3 is 0 Å². The van der Waals surface area contributed by atoms with Gasteiger partial charge < -0.3 is 9.64 Å². The third kappa shape index (κ3) is 2.87. The molecule has 1 heterocycles. The Morgan fingerprint density at radius 1 is 1.12 bits per heavy atom. The number of anilines is 1. The van der Waals surface area contributed by atoms with Crippen molar-refractivity contribution in [1.29, 1.82) is 0 Å². The number of hydrogen-bond donors (Lipinski definition) is 1. The van der Waals surface area contributed by atoms with E-state index in [1.54, 1.807) is 7.11 Å². The number of rotatable bonds is 5. The topological polar surface area (TPSA) is 34.0 Å². The molecule has 1 aliphatic rings. The Morgan fingerprint density at radius 3 is 2.65 bits per heavy atom. The normalized spacial score (nSPS) is 14.1. The van der Waals surface area contributed by atoms with Crippen molar-refractivity contribution in [1.82, 2.24) is 0 Å². The summed E-state index contributed by atoms with van der Waals surface area (Å²) in [6.45, 7) is 1.36. The van der Waals surface area contributed by atoms with Crippen LogP contribution >= 0.6 is 15.9 Å². The average molecular weight is 412 g/mol. The summed E-state index contributed by atoms with van der Waals surface area (Å²) in [7, 11) is 3.78. The van der Waals surface area contributed by atoms with Gasteiger partial charge in [-0.25, -0.2) is 0 Å². The van der Waals surface area contributed by atoms with Gasteiger partial charge in [0.2, 0.25) is 0 Å². The number of hydrogen-bond acceptors (Lipinski definition) is 2. The highest BCUT2D eigenvalue weighted by molar-refractivity contribution is 9.10. The van der Waals surface area contributed by atoms with Crippen LogP contribution in [0, 0.1) is 0 Å². The van der Waals surface area contributed by atoms with Gasteiger partial charge in [-0.05, 0) is 35.7 Å². The molecule has 3 aromatic rings. The maximum absolute atomic E-state index is 12.9. The smallest absolute Gasteiger partial charge is 0.263 e. The molecule has 0 bridgehead atoms. The van der Waals surface area contributed by atoms with Crippen molar-refractivity contribution >= 4 is 38.3 Å². The highest BCUT2D eigenvalue weighted by atomic mass is 79.9. The van der Waals surface area contributed by atoms with Gasteiger partial charge in [-0.1, -0.05) is 40.2 Å². The van der Waals surface area contributed by atoms with Crippen LogP contribution in [0.25, 0.3) is 10.8 Å². The van der Waals surface area contributed by atoms with E-state index in [0.29, 0.717) is 6.67 Å². The lowest BCUT2D eigenvalue weighted by atomic mass is 10.1. The second kappa shape index (κ2) is 6.74. The van der Waals surface area contributed by atoms with E-state index in [0.717, 1.165) is 44.4 Å². The number of nitrogens with one attached hydrogen (secondary N) is 1. The third-order valence-electron chi connectivity index (χ3n) is 4.81. The fourth-order valence-corrected chi connectivity index (χ4v) is 4.08. The lowest BCUT2D eigenvalue weighted by molar-refractivity contribution is -0.892. The van der Waals surface area contributed by atoms with Gasteiger partial charge in [0.15, 0.2) is 6.67 Å². The molecule has 0 saturated heterocycles. The quantitative estimate of drug-likeness (QED) is 0.698. The first-order valence-corrected chi connectivity index (χ1v) is 9.35. The Balaban J connectivity index is 1.60. The number of carbonyl (C=O) groups excluding carboxylic acids is 1. The molecule has 0 saturated carbocycles. The monoisotopic (exact) mass is 411 g/mol. The van der Waals surface area contributed by atoms with E-state index >= 15 is 0 Å². The zero-order valence-corrected chi connectivity index (χ0v) is 16.3. The minimum absolute atomic E-state index is 0.0809. The molecule has 132 valence electrons. The Morgan fingerprint density at radius 2 is 1.88 bits per heavy atom. The Labute approximate surface area is 161 Å². The van der Waals surface area contributed by atoms with E-state index in [9.17, 15) is 4.79 Å². The molecule has 1 amide bonds. The number of methoxy groups -OCH3 is 1. The summed E-state index contributed by atoms with van der Waals surface area (Å²) < 4.78 is 6.50. The van der Waals surface area contributed by atoms with Crippen LogP contribution in [0.15, 0.2) is 59.1 Å². The predicted octanol–water partition coefficient (Wildman–Crippen LogP) is 3.24. The SMILES string of the molecule is COc1ccc(Br)cc1C[NH+](C)CN1C(=O)c2cccc3cccc1c23. The Hall–Kier alpha value is -2.37. The summed E-state index contributed by atoms with van der Waals surface area (Å²) in [6, 6.07) is 18.0. The van der Waals surface area contributed by atoms with Gasteiger partial charge in [0.05, 0.1) is 25.4 Å². The van der Waals surface area contributed by atoms with Crippen molar-refractivity contribution in [3.8, 4) is 5.75 Å². The van der Waals surface area contributed by atoms with Crippen LogP contribution in [0.4, 0.5) is 5.69 Å². The minimum Gasteiger partial charge on any atom is -0.496 e. The maximum Gasteiger partial charge on any atom is 0.263 e. The highest BCUT2D eigenvalue weighted by Gasteiger charge is 2.31. The van der Waals surface area contributed by atoms with Gasteiger partial charge in [0, 0.05) is 15.4 Å². The molecule has 1 unspecified atom stereocenters. The summed E-state index contributed by atoms with van der Waals surface area (Å²) >= 11 is 3.52. The Kier molecular flexibility index (Phi) is 4.42. The molecule has 0 spiro atoms. The van der Waals surface area contributed by atoms with Crippen molar-refractivity contribution < 1.29 is 14.4 Å². The summed E-state index contributed by atoms with van der Waals surface area (Å²) in [6.07, 6.45) is 0. The predicted molar refractivity (Wildman–Crippen MR) is 107 cm³/mol. The molecule has 0 aromatic heterocycles. The fraction of sp³-hybridized carbons (Fsp3) is 0.190. The number of quaternary nitrogens is 1. The number of benzene rings is 3. The standard InChI is InChI=1S/C21H19BrN2O2/c1-23(12-15-11-16(22)9-10-19(15)26-2)13-24-18-8-4-6-14-5-3-7-17(20(14)18)21(24)25/h3-11H,12-13H2,1-2H3/p+1. The van der Waals surface area contributed by atoms with Crippen molar-refractivity contribution in [2.24, 2.45) is 0 Å². The fourth-order valence-electron chi connectivity index (χ4n) is 3.67. The van der Waals surface area contributed by atoms with Crippen LogP contribution in [0.1, 0.15) is 15.9 Å². The van der Waals surface area contributed by atoms with Gasteiger partial charge in [-0.15, -0.1) is 0 Å². The first-order chi connectivity index (χ1) is 12.6. The van der Waals surface area contributed by atoms with Crippen molar-refractivity contribution in [3.05, 3.63) is 70.2 Å². The number of halogens is 1. The van der Waals surface area contributed by atoms with Crippen molar-refractivity contribution in [2.45, 2.75) is 6.54 Å². The molecule has 3 aromatic carbocycles. The number of ether oxygens (including phenoxy) is 1. The molecule has 1 N–H and O–H groups in total. The maximum atomic E-state index is 12.9. The second-order valence-corrected chi connectivity index (χ2v) is 7.58. The molecule has 0 radical (unpaired) electrons. The molecule has 5 heteroatoms. The van der Waals surface area contributed by atoms with E-state index < -0.39 is 0 Å². The van der Waals surface area contributed by atoms with Crippen LogP contribution in [-0.2, 0) is 6.54 Å². The third-order valence-corrected chi connectivity index (χ3v) is 5.31. The second-order valence-electron chi connectivity index (χ2n) is 6.66. The van der Waals surface area contributed by atoms with Gasteiger partial charge in [0.1, 0.15) is 12.3 Å². The van der Waals surface area contributed by atoms with Crippen LogP contribution in [0.5, 0.6) is 5.75 Å². The number of carbonyl (C=O) groups is 1. The molecular formula is C21H20BrN2O2+. The van der Waals surface area contributed by atoms with E-state index in [4.69, 9.17) is 4.74 Å². The summed E-state index contributed by atoms with van der Waals surface area (Å²) in [4.78, 5) is 16.0. The average Bonchev–Trinajstić information content (AvgIpc) is 2.90. The zero-order valence-electron chi connectivity index (χ0n) is 14.8. The molecule has 4 rings (SSSR count). The Bertz CT molecular complexity index is 997. The van der Waals surface area contributed by atoms with E-state index in [1.165, 1.54) is 4.90 Å². The van der Waals surface area contributed by atoms with Crippen LogP contribution in [-0.4, -0.2) is 26.7 Å². The van der Waals surface area contributed by atoms with Crippen LogP contribution < -0.4 is 14.5 Å². The van der Waals surface area contributed by atoms with E-state index in [-0.39, 0.29) is 5.91 Å². The van der Waals surface area contributed by atoms with Crippen molar-refractivity contribution in [2.75, 3.05) is 25.7 Å². The molecule has 1 atom stereocenters. The lowest BCUT2D eigenvalue weighted by Crippen LogP contribution is -3.09. The summed E-state index contributed by atoms with van der Waals surface area (Å²) in [5.41, 5.74) is 2.91. The zero-order chi connectivity index (χ0) is 18.3. The highest BCUT2D eigenvalue weighted by Crippen LogP contribution is 2.36. The summed E-state index contributed by atoms with van der Waals surface area (Å²) in [5.74, 6) is 0.947. The lowest BCUT2D eigenvalue weighted by Gasteiger charge is -2.23.